The zero-order valence-electron chi connectivity index (χ0n) is 39.7. The average Bonchev–Trinajstić information content (AvgIpc) is 3.55. The third kappa shape index (κ3) is 19.8. The summed E-state index contributed by atoms with van der Waals surface area (Å²) in [5.41, 5.74) is -0.106. The van der Waals surface area contributed by atoms with Crippen LogP contribution in [0.2, 0.25) is 51.4 Å². The van der Waals surface area contributed by atoms with Gasteiger partial charge in [0.05, 0.1) is 6.61 Å². The number of cyclic esters (lactones) is 1. The summed E-state index contributed by atoms with van der Waals surface area (Å²) in [5, 5.41) is 0. The Kier molecular flexibility index (Phi) is 30.7. The number of ether oxygens (including phenoxy) is 1. The Balaban J connectivity index is 3.05. The van der Waals surface area contributed by atoms with Gasteiger partial charge in [-0.3, -0.25) is 0 Å². The van der Waals surface area contributed by atoms with Gasteiger partial charge in [-0.1, -0.05) is 6.08 Å². The van der Waals surface area contributed by atoms with Crippen LogP contribution in [0.15, 0.2) is 11.6 Å². The molecule has 0 aliphatic carbocycles. The van der Waals surface area contributed by atoms with Crippen LogP contribution in [-0.4, -0.2) is 255 Å². The van der Waals surface area contributed by atoms with E-state index < -0.39 is 248 Å². The second kappa shape index (κ2) is 31.4. The van der Waals surface area contributed by atoms with Gasteiger partial charge in [0.15, 0.2) is 16.6 Å². The summed E-state index contributed by atoms with van der Waals surface area (Å²) in [4.78, 5) is 12.0. The molecule has 0 bridgehead atoms. The fourth-order valence-corrected chi connectivity index (χ4v) is 347. The molecule has 0 aromatic rings. The first-order valence-corrected chi connectivity index (χ1v) is 96.3. The monoisotopic (exact) mass is 1560 g/mol. The largest absolute Gasteiger partial charge is 0.462 e. The van der Waals surface area contributed by atoms with E-state index in [9.17, 15) is 125 Å². The molecular formula is C14H30O31Si31. The molecule has 1 aliphatic heterocycles. The fourth-order valence-electron chi connectivity index (χ4n) is 5.27. The van der Waals surface area contributed by atoms with Crippen LogP contribution >= 0.6 is 0 Å². The Morgan fingerprint density at radius 3 is 0.895 bits per heavy atom. The van der Waals surface area contributed by atoms with E-state index in [0.29, 0.717) is 6.42 Å². The molecule has 76 heavy (non-hydrogen) atoms. The molecule has 0 saturated carbocycles. The van der Waals surface area contributed by atoms with Gasteiger partial charge in [0.25, 0.3) is 9.28 Å². The van der Waals surface area contributed by atoms with Crippen LogP contribution in [0, 0.1) is 0 Å². The lowest BCUT2D eigenvalue weighted by molar-refractivity contribution is -0.138. The molecule has 0 aromatic carbocycles. The lowest BCUT2D eigenvalue weighted by Gasteiger charge is -2.36. The first kappa shape index (κ1) is 74.5. The van der Waals surface area contributed by atoms with Gasteiger partial charge in [-0.05, 0) is 64.7 Å². The molecular weight excluding hydrogens is 1530 g/mol. The van der Waals surface area contributed by atoms with E-state index >= 15 is 0 Å². The quantitative estimate of drug-likeness (QED) is 0.0435. The van der Waals surface area contributed by atoms with Crippen molar-refractivity contribution in [3.8, 4) is 0 Å². The smallest absolute Gasteiger partial charge is 0.381 e. The Hall–Kier alpha value is 0.453. The summed E-state index contributed by atoms with van der Waals surface area (Å²) in [6.07, 6.45) is 1.93. The molecule has 2 radical (unpaired) electrons. The second-order valence-electron chi connectivity index (χ2n) is 16.8. The summed E-state index contributed by atoms with van der Waals surface area (Å²) >= 11 is 0. The first-order valence-electron chi connectivity index (χ1n) is 20.1. The molecule has 0 saturated heterocycles. The molecule has 0 amide bonds. The molecule has 0 spiro atoms. The van der Waals surface area contributed by atoms with E-state index in [2.05, 4.69) is 0 Å². The van der Waals surface area contributed by atoms with Gasteiger partial charge in [-0.25, -0.2) is 4.79 Å². The van der Waals surface area contributed by atoms with Gasteiger partial charge < -0.3 is 133 Å². The normalized spacial score (nSPS) is 13.2. The zero-order valence-corrected chi connectivity index (χ0v) is 70.7. The van der Waals surface area contributed by atoms with Crippen molar-refractivity contribution >= 4 is 248 Å². The zero-order chi connectivity index (χ0) is 59.8. The SMILES string of the molecule is CC1=CC([Si](C)(C)O[Si](C)(C)[Si](=O)[Si](=O)[Si](=O)[Si](=O)[Si](=O)[Si](=O)[Si](=O)[Si](=O)[Si](=O)[Si](=O)[Si](=O)[Si](=O)[Si](=O)[Si](=O)[Si](=O)[Si](=O)[Si](=O)[Si](=O)[Si](=O)[Si](=O)[Si](=O)[Si](=O)[Si](=O)[Si](=O)[Si](=O)[Si](=O)[Si](=O)[Si]O[Si](C)(C)C)CCOC1=O. The van der Waals surface area contributed by atoms with Crippen molar-refractivity contribution < 1.29 is 138 Å². The summed E-state index contributed by atoms with van der Waals surface area (Å²) < 4.78 is 363. The highest BCUT2D eigenvalue weighted by atomic mass is 30.1. The summed E-state index contributed by atoms with van der Waals surface area (Å²) in [6.45, 7) is 12.6. The first-order chi connectivity index (χ1) is 34.4. The van der Waals surface area contributed by atoms with E-state index in [4.69, 9.17) is 13.0 Å². The van der Waals surface area contributed by atoms with E-state index in [0.717, 1.165) is 0 Å². The van der Waals surface area contributed by atoms with Crippen LogP contribution in [0.5, 0.6) is 0 Å². The third-order valence-corrected chi connectivity index (χ3v) is 239. The summed E-state index contributed by atoms with van der Waals surface area (Å²) in [5.74, 6) is -0.571. The summed E-state index contributed by atoms with van der Waals surface area (Å²) in [6, 6.07) is 0. The molecule has 1 rings (SSSR count). The minimum atomic E-state index is -4.68. The number of hydrogen-bond donors (Lipinski definition) is 0. The predicted molar refractivity (Wildman–Crippen MR) is 273 cm³/mol. The highest BCUT2D eigenvalue weighted by Crippen LogP contribution is 2.33. The summed E-state index contributed by atoms with van der Waals surface area (Å²) in [7, 11) is -128. The molecule has 31 nitrogen and oxygen atoms in total. The maximum Gasteiger partial charge on any atom is 0.381 e. The molecule has 0 N–H and O–H groups in total. The Morgan fingerprint density at radius 2 is 0.645 bits per heavy atom. The predicted octanol–water partition coefficient (Wildman–Crippen LogP) is -9.85. The van der Waals surface area contributed by atoms with Crippen molar-refractivity contribution in [2.75, 3.05) is 6.61 Å². The van der Waals surface area contributed by atoms with Crippen molar-refractivity contribution in [1.29, 1.82) is 0 Å². The third-order valence-electron chi connectivity index (χ3n) is 9.21. The molecule has 1 heterocycles. The highest BCUT2D eigenvalue weighted by Gasteiger charge is 2.59. The van der Waals surface area contributed by atoms with Crippen molar-refractivity contribution in [3.05, 3.63) is 11.6 Å². The van der Waals surface area contributed by atoms with E-state index in [1.54, 1.807) is 38.8 Å². The minimum Gasteiger partial charge on any atom is -0.462 e. The molecule has 1 atom stereocenters. The number of carbonyl (C=O) groups is 1. The van der Waals surface area contributed by atoms with Crippen LogP contribution < -0.4 is 0 Å². The van der Waals surface area contributed by atoms with Crippen LogP contribution in [-0.2, 0) is 138 Å². The number of rotatable bonds is 33. The van der Waals surface area contributed by atoms with Gasteiger partial charge in [0.1, 0.15) is 0 Å². The number of allylic oxidation sites excluding steroid dienone is 1. The van der Waals surface area contributed by atoms with Crippen molar-refractivity contribution in [1.82, 2.24) is 0 Å². The minimum absolute atomic E-state index is 0.0231. The van der Waals surface area contributed by atoms with Gasteiger partial charge >= 0.3 is 214 Å². The van der Waals surface area contributed by atoms with Crippen molar-refractivity contribution in [3.63, 3.8) is 0 Å². The maximum absolute atomic E-state index is 13.5. The maximum atomic E-state index is 13.5. The van der Waals surface area contributed by atoms with E-state index in [1.165, 1.54) is 20.0 Å². The number of esters is 1. The Bertz CT molecular complexity index is 3090. The molecule has 1 aliphatic rings. The lowest BCUT2D eigenvalue weighted by Crippen LogP contribution is -2.60. The second-order valence-corrected chi connectivity index (χ2v) is 166. The molecule has 0 aromatic heterocycles. The molecule has 62 heteroatoms. The molecule has 0 fully saturated rings. The molecule has 396 valence electrons. The van der Waals surface area contributed by atoms with Gasteiger partial charge in [-0.2, -0.15) is 0 Å². The van der Waals surface area contributed by atoms with E-state index in [-0.39, 0.29) is 17.7 Å². The van der Waals surface area contributed by atoms with Crippen molar-refractivity contribution in [2.45, 2.75) is 64.7 Å². The van der Waals surface area contributed by atoms with Gasteiger partial charge in [0, 0.05) is 5.57 Å². The molecule has 1 unspecified atom stereocenters. The Labute approximate surface area is 464 Å². The van der Waals surface area contributed by atoms with Crippen molar-refractivity contribution in [2.24, 2.45) is 0 Å². The lowest BCUT2D eigenvalue weighted by atomic mass is 10.2. The highest BCUT2D eigenvalue weighted by molar-refractivity contribution is 7.84. The van der Waals surface area contributed by atoms with Crippen LogP contribution in [0.1, 0.15) is 13.3 Å². The average molecular weight is 1570 g/mol. The van der Waals surface area contributed by atoms with Gasteiger partial charge in [0.2, 0.25) is 7.83 Å². The number of hydrogen-bond acceptors (Lipinski definition) is 31. The number of carbonyl (C=O) groups excluding carboxylic acids is 1. The van der Waals surface area contributed by atoms with Gasteiger partial charge in [-0.15, -0.1) is 0 Å². The van der Waals surface area contributed by atoms with Crippen LogP contribution in [0.25, 0.3) is 0 Å². The fraction of sp³-hybridized carbons (Fsp3) is 0.786. The van der Waals surface area contributed by atoms with Crippen LogP contribution in [0.3, 0.4) is 0 Å². The Morgan fingerprint density at radius 1 is 0.408 bits per heavy atom. The van der Waals surface area contributed by atoms with E-state index in [1.807, 2.05) is 0 Å². The topological polar surface area (TPSA) is 506 Å². The van der Waals surface area contributed by atoms with Crippen LogP contribution in [0.4, 0.5) is 0 Å². The standard InChI is InChI=1S/C14H30O31Si31/c1-12-11-13(9-10-43-14(12)15)75(5,6)45-76(7,8)73(42)72(41)71(40)70(39)69(38)68(37)67(36)66(35)65(34)64(33)63(32)62(31)61(30)60(29)59(28)58(27)57(26)56(25)55(24)54(23)53(22)52(21)51(20)50(19)49(18)48(17)47(16)46-44-74(2,3)4/h11,13H,9-10H2,1-8H3.